The standard InChI is InChI=1S/C34H54N4O14/c1-19(39)46-25-26(47-20(2)40)28(48-21(3)41)30(37-38-35)49-27(25)29(45)36-34(16-13-22(42)50-31(4,5)6,17-14-23(43)51-32(7,8)9)18-15-24(44)52-33(10,11)12/h25-28,30H,13-18H2,1-12H3,(H,36,45)/t25-,26-,27-,28+,30+/m0/s1. The Morgan fingerprint density at radius 2 is 0.962 bits per heavy atom. The van der Waals surface area contributed by atoms with E-state index >= 15 is 0 Å². The SMILES string of the molecule is CC(=O)O[C@@H]1[C@@H](OC(C)=O)[C@H](N=[N+]=[N-])O[C@H](C(=O)NC(CCC(=O)OC(C)(C)C)(CCC(=O)OC(C)(C)C)CCC(=O)OC(C)(C)C)[C@H]1OC(C)=O. The predicted octanol–water partition coefficient (Wildman–Crippen LogP) is 4.04. The minimum absolute atomic E-state index is 0.173. The number of azide groups is 1. The summed E-state index contributed by atoms with van der Waals surface area (Å²) in [6.45, 7) is 18.1. The molecule has 0 aromatic rings. The van der Waals surface area contributed by atoms with Crippen molar-refractivity contribution >= 4 is 41.7 Å². The highest BCUT2D eigenvalue weighted by molar-refractivity contribution is 5.84. The summed E-state index contributed by atoms with van der Waals surface area (Å²) in [5, 5.41) is 6.27. The summed E-state index contributed by atoms with van der Waals surface area (Å²) < 4.78 is 38.2. The summed E-state index contributed by atoms with van der Waals surface area (Å²) in [6, 6.07) is 0. The maximum absolute atomic E-state index is 14.4. The number of hydrogen-bond acceptors (Lipinski definition) is 15. The molecule has 18 nitrogen and oxygen atoms in total. The number of carbonyl (C=O) groups excluding carboxylic acids is 7. The molecule has 0 aromatic heterocycles. The van der Waals surface area contributed by atoms with E-state index in [0.29, 0.717) is 0 Å². The highest BCUT2D eigenvalue weighted by Gasteiger charge is 2.55. The average Bonchev–Trinajstić information content (AvgIpc) is 2.93. The molecule has 1 fully saturated rings. The third-order valence-electron chi connectivity index (χ3n) is 6.91. The van der Waals surface area contributed by atoms with Gasteiger partial charge in [0, 0.05) is 50.5 Å². The van der Waals surface area contributed by atoms with E-state index in [-0.39, 0.29) is 38.5 Å². The molecule has 1 aliphatic heterocycles. The second-order valence-electron chi connectivity index (χ2n) is 15.4. The molecule has 52 heavy (non-hydrogen) atoms. The molecule has 1 rings (SSSR count). The largest absolute Gasteiger partial charge is 0.460 e. The van der Waals surface area contributed by atoms with Crippen molar-refractivity contribution in [2.45, 2.75) is 175 Å². The van der Waals surface area contributed by atoms with Crippen LogP contribution in [0.4, 0.5) is 0 Å². The highest BCUT2D eigenvalue weighted by Crippen LogP contribution is 2.33. The molecule has 0 bridgehead atoms. The minimum Gasteiger partial charge on any atom is -0.460 e. The molecule has 1 N–H and O–H groups in total. The molecule has 0 aromatic carbocycles. The van der Waals surface area contributed by atoms with Crippen LogP contribution in [0, 0.1) is 0 Å². The van der Waals surface area contributed by atoms with Crippen molar-refractivity contribution in [3.63, 3.8) is 0 Å². The number of rotatable bonds is 15. The molecular formula is C34H54N4O14. The molecule has 5 atom stereocenters. The van der Waals surface area contributed by atoms with Crippen LogP contribution in [-0.4, -0.2) is 94.7 Å². The van der Waals surface area contributed by atoms with Crippen LogP contribution in [0.1, 0.15) is 122 Å². The van der Waals surface area contributed by atoms with Crippen LogP contribution in [0.25, 0.3) is 10.4 Å². The Kier molecular flexibility index (Phi) is 16.5. The van der Waals surface area contributed by atoms with Crippen LogP contribution in [0.15, 0.2) is 5.11 Å². The summed E-state index contributed by atoms with van der Waals surface area (Å²) >= 11 is 0. The molecule has 294 valence electrons. The van der Waals surface area contributed by atoms with Crippen molar-refractivity contribution in [3.8, 4) is 0 Å². The summed E-state index contributed by atoms with van der Waals surface area (Å²) in [5.74, 6) is -5.75. The molecular weight excluding hydrogens is 688 g/mol. The Balaban J connectivity index is 3.83. The van der Waals surface area contributed by atoms with Crippen LogP contribution in [-0.2, 0) is 66.7 Å². The zero-order valence-corrected chi connectivity index (χ0v) is 32.2. The van der Waals surface area contributed by atoms with Gasteiger partial charge in [-0.05, 0) is 87.1 Å². The van der Waals surface area contributed by atoms with Gasteiger partial charge in [0.25, 0.3) is 5.91 Å². The lowest BCUT2D eigenvalue weighted by molar-refractivity contribution is -0.243. The molecule has 0 saturated carbocycles. The van der Waals surface area contributed by atoms with Gasteiger partial charge in [-0.15, -0.1) is 0 Å². The van der Waals surface area contributed by atoms with Crippen LogP contribution >= 0.6 is 0 Å². The summed E-state index contributed by atoms with van der Waals surface area (Å²) in [6.07, 6.45) is -10.2. The van der Waals surface area contributed by atoms with Crippen molar-refractivity contribution in [1.82, 2.24) is 5.32 Å². The van der Waals surface area contributed by atoms with Crippen molar-refractivity contribution in [2.75, 3.05) is 0 Å². The monoisotopic (exact) mass is 742 g/mol. The van der Waals surface area contributed by atoms with Gasteiger partial charge in [0.2, 0.25) is 0 Å². The van der Waals surface area contributed by atoms with E-state index < -0.39 is 94.7 Å². The van der Waals surface area contributed by atoms with Gasteiger partial charge in [0.05, 0.1) is 0 Å². The van der Waals surface area contributed by atoms with Crippen LogP contribution in [0.5, 0.6) is 0 Å². The second kappa shape index (κ2) is 18.9. The third-order valence-corrected chi connectivity index (χ3v) is 6.91. The van der Waals surface area contributed by atoms with E-state index in [2.05, 4.69) is 15.3 Å². The van der Waals surface area contributed by atoms with E-state index in [4.69, 9.17) is 33.2 Å². The number of nitrogens with zero attached hydrogens (tertiary/aromatic N) is 3. The maximum Gasteiger partial charge on any atom is 0.306 e. The molecule has 0 aliphatic carbocycles. The molecule has 1 saturated heterocycles. The lowest BCUT2D eigenvalue weighted by atomic mass is 9.82. The molecule has 0 spiro atoms. The van der Waals surface area contributed by atoms with Gasteiger partial charge in [-0.2, -0.15) is 0 Å². The Hall–Kier alpha value is -4.44. The second-order valence-corrected chi connectivity index (χ2v) is 15.4. The number of ether oxygens (including phenoxy) is 7. The normalized spacial score (nSPS) is 20.7. The summed E-state index contributed by atoms with van der Waals surface area (Å²) in [5.41, 5.74) is 5.16. The van der Waals surface area contributed by atoms with Gasteiger partial charge in [0.15, 0.2) is 30.6 Å². The number of amides is 1. The summed E-state index contributed by atoms with van der Waals surface area (Å²) in [7, 11) is 0. The topological polar surface area (TPSA) is 245 Å². The Morgan fingerprint density at radius 1 is 0.615 bits per heavy atom. The first-order valence-corrected chi connectivity index (χ1v) is 16.8. The fraction of sp³-hybridized carbons (Fsp3) is 0.794. The lowest BCUT2D eigenvalue weighted by Gasteiger charge is -2.44. The predicted molar refractivity (Wildman–Crippen MR) is 181 cm³/mol. The molecule has 18 heteroatoms. The number of carbonyl (C=O) groups is 7. The van der Waals surface area contributed by atoms with E-state index in [1.807, 2.05) is 0 Å². The van der Waals surface area contributed by atoms with Crippen LogP contribution < -0.4 is 5.32 Å². The first-order valence-electron chi connectivity index (χ1n) is 16.8. The van der Waals surface area contributed by atoms with Crippen LogP contribution in [0.3, 0.4) is 0 Å². The molecule has 1 heterocycles. The van der Waals surface area contributed by atoms with Crippen molar-refractivity contribution in [3.05, 3.63) is 10.4 Å². The Morgan fingerprint density at radius 3 is 1.29 bits per heavy atom. The van der Waals surface area contributed by atoms with E-state index in [1.165, 1.54) is 0 Å². The highest BCUT2D eigenvalue weighted by atomic mass is 16.7. The lowest BCUT2D eigenvalue weighted by Crippen LogP contribution is -2.65. The zero-order valence-electron chi connectivity index (χ0n) is 32.2. The Bertz CT molecular complexity index is 1290. The van der Waals surface area contributed by atoms with Gasteiger partial charge in [-0.1, -0.05) is 5.11 Å². The quantitative estimate of drug-likeness (QED) is 0.0818. The first kappa shape index (κ1) is 45.6. The average molecular weight is 743 g/mol. The first-order chi connectivity index (χ1) is 23.7. The van der Waals surface area contributed by atoms with E-state index in [0.717, 1.165) is 20.8 Å². The number of hydrogen-bond donors (Lipinski definition) is 1. The summed E-state index contributed by atoms with van der Waals surface area (Å²) in [4.78, 5) is 92.5. The fourth-order valence-electron chi connectivity index (χ4n) is 5.24. The number of nitrogens with one attached hydrogen (secondary N) is 1. The van der Waals surface area contributed by atoms with Crippen molar-refractivity contribution in [2.24, 2.45) is 5.11 Å². The molecule has 0 radical (unpaired) electrons. The fourth-order valence-corrected chi connectivity index (χ4v) is 5.24. The van der Waals surface area contributed by atoms with Crippen molar-refractivity contribution in [1.29, 1.82) is 0 Å². The van der Waals surface area contributed by atoms with Gasteiger partial charge < -0.3 is 38.5 Å². The van der Waals surface area contributed by atoms with Gasteiger partial charge in [0.1, 0.15) is 16.8 Å². The maximum atomic E-state index is 14.4. The van der Waals surface area contributed by atoms with Gasteiger partial charge in [-0.3, -0.25) is 33.6 Å². The third kappa shape index (κ3) is 17.2. The Labute approximate surface area is 303 Å². The minimum atomic E-state index is -1.89. The van der Waals surface area contributed by atoms with Crippen LogP contribution in [0.2, 0.25) is 0 Å². The van der Waals surface area contributed by atoms with Gasteiger partial charge >= 0.3 is 35.8 Å². The molecule has 0 unspecified atom stereocenters. The molecule has 1 amide bonds. The van der Waals surface area contributed by atoms with E-state index in [9.17, 15) is 39.1 Å². The van der Waals surface area contributed by atoms with Gasteiger partial charge in [-0.25, -0.2) is 0 Å². The van der Waals surface area contributed by atoms with Crippen molar-refractivity contribution < 1.29 is 66.7 Å². The smallest absolute Gasteiger partial charge is 0.306 e. The number of esters is 6. The van der Waals surface area contributed by atoms with E-state index in [1.54, 1.807) is 62.3 Å². The molecule has 1 aliphatic rings. The zero-order chi connectivity index (χ0) is 40.2.